The van der Waals surface area contributed by atoms with Gasteiger partial charge in [-0.15, -0.1) is 11.1 Å². The smallest absolute Gasteiger partial charge is 0.136 e. The van der Waals surface area contributed by atoms with Gasteiger partial charge in [0.2, 0.25) is 0 Å². The Bertz CT molecular complexity index is 212. The summed E-state index contributed by atoms with van der Waals surface area (Å²) < 4.78 is 14.4. The van der Waals surface area contributed by atoms with Crippen LogP contribution in [0, 0.1) is 18.3 Å². The maximum atomic E-state index is 11.7. The van der Waals surface area contributed by atoms with Gasteiger partial charge < -0.3 is 4.55 Å². The molecule has 1 unspecified atom stereocenters. The van der Waals surface area contributed by atoms with E-state index in [-0.39, 0.29) is 10.8 Å². The molecule has 13 heavy (non-hydrogen) atoms. The summed E-state index contributed by atoms with van der Waals surface area (Å²) >= 11 is -1.04. The van der Waals surface area contributed by atoms with Gasteiger partial charge in [-0.1, -0.05) is 5.92 Å². The van der Waals surface area contributed by atoms with E-state index in [0.29, 0.717) is 5.92 Å². The van der Waals surface area contributed by atoms with Gasteiger partial charge in [0.25, 0.3) is 0 Å². The molecule has 2 nitrogen and oxygen atoms in total. The first-order chi connectivity index (χ1) is 5.95. The lowest BCUT2D eigenvalue weighted by Crippen LogP contribution is -2.45. The van der Waals surface area contributed by atoms with Crippen LogP contribution in [0.5, 0.6) is 0 Å². The van der Waals surface area contributed by atoms with Crippen molar-refractivity contribution in [3.8, 4) is 12.3 Å². The first-order valence-corrected chi connectivity index (χ1v) is 5.74. The molecule has 0 saturated heterocycles. The first kappa shape index (κ1) is 10.9. The molecular weight excluding hydrogens is 182 g/mol. The van der Waals surface area contributed by atoms with Crippen molar-refractivity contribution in [3.05, 3.63) is 0 Å². The van der Waals surface area contributed by atoms with Crippen LogP contribution in [-0.2, 0) is 11.4 Å². The number of hydrogen-bond donors (Lipinski definition) is 1. The summed E-state index contributed by atoms with van der Waals surface area (Å²) in [6, 6.07) is 0.0000540. The average Bonchev–Trinajstić information content (AvgIpc) is 2.80. The number of nitrogens with one attached hydrogen (secondary N) is 1. The molecule has 0 aromatic heterocycles. The summed E-state index contributed by atoms with van der Waals surface area (Å²) in [6.07, 6.45) is 7.70. The standard InChI is InChI=1S/C10H17NOS/c1-5-9(8-6-7-8)11-13(12)10(2,3)4/h1,8-9,11H,6-7H2,2-4H3/t9-,13?/m0/s1. The number of hydrogen-bond acceptors (Lipinski definition) is 2. The average molecular weight is 199 g/mol. The van der Waals surface area contributed by atoms with Crippen LogP contribution < -0.4 is 4.72 Å². The van der Waals surface area contributed by atoms with Crippen molar-refractivity contribution in [2.24, 2.45) is 5.92 Å². The summed E-state index contributed by atoms with van der Waals surface area (Å²) in [5.41, 5.74) is 0. The normalized spacial score (nSPS) is 22.1. The van der Waals surface area contributed by atoms with Gasteiger partial charge in [0.15, 0.2) is 0 Å². The second-order valence-electron chi connectivity index (χ2n) is 4.48. The van der Waals surface area contributed by atoms with Gasteiger partial charge in [0.05, 0.1) is 0 Å². The fourth-order valence-corrected chi connectivity index (χ4v) is 1.83. The molecule has 2 atom stereocenters. The molecule has 0 bridgehead atoms. The Balaban J connectivity index is 2.42. The van der Waals surface area contributed by atoms with E-state index < -0.39 is 11.4 Å². The van der Waals surface area contributed by atoms with Crippen LogP contribution in [-0.4, -0.2) is 15.3 Å². The van der Waals surface area contributed by atoms with Gasteiger partial charge in [0.1, 0.15) is 10.8 Å². The van der Waals surface area contributed by atoms with Crippen LogP contribution in [0.1, 0.15) is 33.6 Å². The number of rotatable bonds is 3. The molecule has 1 rings (SSSR count). The van der Waals surface area contributed by atoms with Crippen LogP contribution in [0.15, 0.2) is 0 Å². The summed E-state index contributed by atoms with van der Waals surface area (Å²) in [4.78, 5) is 0. The molecule has 1 N–H and O–H groups in total. The molecule has 1 aliphatic carbocycles. The Labute approximate surface area is 83.8 Å². The first-order valence-electron chi connectivity index (χ1n) is 4.59. The van der Waals surface area contributed by atoms with Crippen molar-refractivity contribution in [2.75, 3.05) is 0 Å². The highest BCUT2D eigenvalue weighted by Gasteiger charge is 2.36. The van der Waals surface area contributed by atoms with Gasteiger partial charge in [-0.2, -0.15) is 0 Å². The van der Waals surface area contributed by atoms with Crippen LogP contribution in [0.25, 0.3) is 0 Å². The summed E-state index contributed by atoms with van der Waals surface area (Å²) in [7, 11) is 0. The Hall–Kier alpha value is -0.170. The predicted molar refractivity (Wildman–Crippen MR) is 56.4 cm³/mol. The fraction of sp³-hybridized carbons (Fsp3) is 0.800. The third kappa shape index (κ3) is 3.22. The molecule has 0 aromatic rings. The molecule has 3 heteroatoms. The molecule has 0 heterocycles. The van der Waals surface area contributed by atoms with E-state index in [1.54, 1.807) is 0 Å². The zero-order chi connectivity index (χ0) is 10.1. The summed E-state index contributed by atoms with van der Waals surface area (Å²) in [5, 5.41) is 0. The largest absolute Gasteiger partial charge is 0.598 e. The fourth-order valence-electron chi connectivity index (χ4n) is 0.988. The van der Waals surface area contributed by atoms with E-state index in [4.69, 9.17) is 6.42 Å². The SMILES string of the molecule is C#C[C@H](N[S+]([O-])C(C)(C)C)C1CC1. The van der Waals surface area contributed by atoms with E-state index in [1.807, 2.05) is 20.8 Å². The molecular formula is C10H17NOS. The van der Waals surface area contributed by atoms with Crippen LogP contribution in [0.4, 0.5) is 0 Å². The van der Waals surface area contributed by atoms with Gasteiger partial charge in [-0.3, -0.25) is 0 Å². The van der Waals surface area contributed by atoms with Gasteiger partial charge in [-0.05, 0) is 39.5 Å². The Kier molecular flexibility index (Phi) is 3.28. The topological polar surface area (TPSA) is 35.1 Å². The Morgan fingerprint density at radius 2 is 2.08 bits per heavy atom. The van der Waals surface area contributed by atoms with Crippen molar-refractivity contribution in [1.29, 1.82) is 0 Å². The molecule has 0 spiro atoms. The lowest BCUT2D eigenvalue weighted by atomic mass is 10.2. The van der Waals surface area contributed by atoms with E-state index in [9.17, 15) is 4.55 Å². The minimum atomic E-state index is -1.04. The second-order valence-corrected chi connectivity index (χ2v) is 6.48. The lowest BCUT2D eigenvalue weighted by Gasteiger charge is -2.25. The molecule has 74 valence electrons. The Morgan fingerprint density at radius 3 is 2.38 bits per heavy atom. The summed E-state index contributed by atoms with van der Waals surface area (Å²) in [5.74, 6) is 3.21. The highest BCUT2D eigenvalue weighted by Crippen LogP contribution is 2.33. The second kappa shape index (κ2) is 3.91. The number of terminal acetylenes is 1. The third-order valence-electron chi connectivity index (χ3n) is 2.06. The Morgan fingerprint density at radius 1 is 1.54 bits per heavy atom. The zero-order valence-electron chi connectivity index (χ0n) is 8.46. The monoisotopic (exact) mass is 199 g/mol. The predicted octanol–water partition coefficient (Wildman–Crippen LogP) is 1.45. The summed E-state index contributed by atoms with van der Waals surface area (Å²) in [6.45, 7) is 5.82. The quantitative estimate of drug-likeness (QED) is 0.551. The van der Waals surface area contributed by atoms with Gasteiger partial charge >= 0.3 is 0 Å². The van der Waals surface area contributed by atoms with Gasteiger partial charge in [-0.25, -0.2) is 0 Å². The van der Waals surface area contributed by atoms with Crippen molar-refractivity contribution in [1.82, 2.24) is 4.72 Å². The molecule has 0 aliphatic heterocycles. The van der Waals surface area contributed by atoms with E-state index in [2.05, 4.69) is 10.6 Å². The maximum absolute atomic E-state index is 11.7. The highest BCUT2D eigenvalue weighted by molar-refractivity contribution is 7.90. The van der Waals surface area contributed by atoms with Crippen molar-refractivity contribution < 1.29 is 4.55 Å². The minimum absolute atomic E-state index is 0.0000540. The van der Waals surface area contributed by atoms with E-state index in [0.717, 1.165) is 0 Å². The van der Waals surface area contributed by atoms with Crippen molar-refractivity contribution in [2.45, 2.75) is 44.4 Å². The molecule has 1 fully saturated rings. The van der Waals surface area contributed by atoms with Crippen molar-refractivity contribution in [3.63, 3.8) is 0 Å². The molecule has 0 radical (unpaired) electrons. The van der Waals surface area contributed by atoms with E-state index >= 15 is 0 Å². The molecule has 0 aromatic carbocycles. The van der Waals surface area contributed by atoms with Crippen molar-refractivity contribution >= 4 is 11.4 Å². The zero-order valence-corrected chi connectivity index (χ0v) is 9.28. The molecule has 1 saturated carbocycles. The van der Waals surface area contributed by atoms with E-state index in [1.165, 1.54) is 12.8 Å². The minimum Gasteiger partial charge on any atom is -0.598 e. The van der Waals surface area contributed by atoms with Crippen LogP contribution >= 0.6 is 0 Å². The van der Waals surface area contributed by atoms with Gasteiger partial charge in [0, 0.05) is 11.4 Å². The van der Waals surface area contributed by atoms with Crippen LogP contribution in [0.3, 0.4) is 0 Å². The maximum Gasteiger partial charge on any atom is 0.136 e. The highest BCUT2D eigenvalue weighted by atomic mass is 32.2. The molecule has 1 aliphatic rings. The third-order valence-corrected chi connectivity index (χ3v) is 3.64. The lowest BCUT2D eigenvalue weighted by molar-refractivity contribution is 0.528. The van der Waals surface area contributed by atoms with Crippen LogP contribution in [0.2, 0.25) is 0 Å². The molecule has 0 amide bonds.